The molecule has 1 unspecified atom stereocenters. The van der Waals surface area contributed by atoms with Crippen molar-refractivity contribution in [2.45, 2.75) is 90.1 Å². The summed E-state index contributed by atoms with van der Waals surface area (Å²) in [6.45, 7) is 26.9. The molecule has 0 amide bonds. The van der Waals surface area contributed by atoms with Crippen molar-refractivity contribution < 1.29 is 0 Å². The van der Waals surface area contributed by atoms with Crippen molar-refractivity contribution in [2.24, 2.45) is 0 Å². The molecule has 0 bridgehead atoms. The Kier molecular flexibility index (Phi) is 5.74. The molecule has 0 radical (unpaired) electrons. The maximum atomic E-state index is 2.51. The molecule has 104 valence electrons. The second-order valence-corrected chi connectivity index (χ2v) is 16.1. The Labute approximate surface area is 113 Å². The average molecular weight is 276 g/mol. The lowest BCUT2D eigenvalue weighted by molar-refractivity contribution is 0.699. The molecule has 0 saturated carbocycles. The van der Waals surface area contributed by atoms with Gasteiger partial charge in [-0.05, 0) is 27.5 Å². The first kappa shape index (κ1) is 17.9. The van der Waals surface area contributed by atoms with E-state index in [0.717, 1.165) is 5.40 Å². The van der Waals surface area contributed by atoms with E-state index in [1.165, 1.54) is 0 Å². The minimum absolute atomic E-state index is 0.0212. The molecule has 0 spiro atoms. The summed E-state index contributed by atoms with van der Waals surface area (Å²) in [5, 5.41) is 2.26. The fourth-order valence-electron chi connectivity index (χ4n) is 2.86. The summed E-state index contributed by atoms with van der Waals surface area (Å²) in [6.07, 6.45) is 0. The molecule has 0 aromatic heterocycles. The van der Waals surface area contributed by atoms with Crippen molar-refractivity contribution in [1.29, 1.82) is 0 Å². The Morgan fingerprint density at radius 1 is 0.647 bits per heavy atom. The minimum atomic E-state index is 0.0212. The van der Waals surface area contributed by atoms with E-state index < -0.39 is 0 Å². The van der Waals surface area contributed by atoms with Crippen LogP contribution in [-0.2, 0) is 0 Å². The van der Waals surface area contributed by atoms with E-state index in [2.05, 4.69) is 75.9 Å². The monoisotopic (exact) mass is 276 g/mol. The van der Waals surface area contributed by atoms with Crippen LogP contribution in [0.15, 0.2) is 0 Å². The molecule has 0 nitrogen and oxygen atoms in total. The summed E-state index contributed by atoms with van der Waals surface area (Å²) in [5.74, 6) is 0. The highest BCUT2D eigenvalue weighted by atomic mass is 31.2. The molecule has 0 aromatic rings. The van der Waals surface area contributed by atoms with Crippen LogP contribution in [0.5, 0.6) is 0 Å². The molecule has 0 heterocycles. The molecule has 2 heteroatoms. The first-order valence-electron chi connectivity index (χ1n) is 6.71. The molecule has 0 aliphatic carbocycles. The zero-order chi connectivity index (χ0) is 14.2. The fraction of sp³-hybridized carbons (Fsp3) is 1.00. The summed E-state index contributed by atoms with van der Waals surface area (Å²) in [6, 6.07) is 0. The van der Waals surface area contributed by atoms with Crippen molar-refractivity contribution in [3.8, 4) is 0 Å². The van der Waals surface area contributed by atoms with Gasteiger partial charge in [-0.25, -0.2) is 0 Å². The lowest BCUT2D eigenvalue weighted by atomic mass is 10.2. The Morgan fingerprint density at radius 2 is 0.941 bits per heavy atom. The molecule has 0 aliphatic heterocycles. The van der Waals surface area contributed by atoms with Crippen LogP contribution < -0.4 is 0 Å². The zero-order valence-corrected chi connectivity index (χ0v) is 15.8. The summed E-state index contributed by atoms with van der Waals surface area (Å²) in [5.41, 5.74) is 0. The van der Waals surface area contributed by atoms with Gasteiger partial charge in [-0.15, -0.1) is 0 Å². The molecule has 0 saturated heterocycles. The van der Waals surface area contributed by atoms with Crippen molar-refractivity contribution in [3.05, 3.63) is 0 Å². The van der Waals surface area contributed by atoms with E-state index in [0.29, 0.717) is 15.5 Å². The van der Waals surface area contributed by atoms with E-state index in [4.69, 9.17) is 0 Å². The number of hydrogen-bond donors (Lipinski definition) is 0. The van der Waals surface area contributed by atoms with Gasteiger partial charge in [0.15, 0.2) is 0 Å². The Balaban J connectivity index is 5.24. The SMILES string of the molecule is C[C@H](P(C)C(C)(C)C)P(C(C)(C)C)C(C)(C)C. The third-order valence-corrected chi connectivity index (χ3v) is 12.0. The van der Waals surface area contributed by atoms with Crippen molar-refractivity contribution in [1.82, 2.24) is 0 Å². The van der Waals surface area contributed by atoms with Gasteiger partial charge in [0.2, 0.25) is 0 Å². The summed E-state index contributed by atoms with van der Waals surface area (Å²) in [7, 11) is 0.0992. The quantitative estimate of drug-likeness (QED) is 0.517. The van der Waals surface area contributed by atoms with Crippen LogP contribution in [0.1, 0.15) is 69.2 Å². The third-order valence-electron chi connectivity index (χ3n) is 3.44. The largest absolute Gasteiger partial charge is 0.0970 e. The Morgan fingerprint density at radius 3 is 1.12 bits per heavy atom. The van der Waals surface area contributed by atoms with E-state index >= 15 is 0 Å². The topological polar surface area (TPSA) is 0 Å². The molecule has 2 atom stereocenters. The Hall–Kier alpha value is 0.860. The predicted octanol–water partition coefficient (Wildman–Crippen LogP) is 6.32. The van der Waals surface area contributed by atoms with E-state index in [-0.39, 0.29) is 15.8 Å². The predicted molar refractivity (Wildman–Crippen MR) is 88.5 cm³/mol. The average Bonchev–Trinajstić information content (AvgIpc) is 1.94. The first-order chi connectivity index (χ1) is 7.19. The van der Waals surface area contributed by atoms with Crippen LogP contribution in [-0.4, -0.2) is 27.5 Å². The smallest absolute Gasteiger partial charge is 0.00226 e. The van der Waals surface area contributed by atoms with Crippen molar-refractivity contribution >= 4 is 15.8 Å². The maximum absolute atomic E-state index is 2.51. The van der Waals surface area contributed by atoms with Gasteiger partial charge in [0.1, 0.15) is 0 Å². The van der Waals surface area contributed by atoms with Gasteiger partial charge in [-0.3, -0.25) is 0 Å². The lowest BCUT2D eigenvalue weighted by Crippen LogP contribution is -2.31. The van der Waals surface area contributed by atoms with E-state index in [9.17, 15) is 0 Å². The second-order valence-electron chi connectivity index (χ2n) is 8.13. The van der Waals surface area contributed by atoms with Gasteiger partial charge in [-0.2, -0.15) is 0 Å². The highest BCUT2D eigenvalue weighted by Gasteiger charge is 2.41. The zero-order valence-electron chi connectivity index (χ0n) is 14.0. The van der Waals surface area contributed by atoms with Crippen LogP contribution in [0.3, 0.4) is 0 Å². The molecule has 0 N–H and O–H groups in total. The molecular weight excluding hydrogens is 242 g/mol. The summed E-state index contributed by atoms with van der Waals surface area (Å²) in [4.78, 5) is 0. The number of rotatable bonds is 2. The summed E-state index contributed by atoms with van der Waals surface area (Å²) >= 11 is 0. The van der Waals surface area contributed by atoms with E-state index in [1.807, 2.05) is 0 Å². The highest BCUT2D eigenvalue weighted by molar-refractivity contribution is 7.77. The first-order valence-corrected chi connectivity index (χ1v) is 9.98. The maximum Gasteiger partial charge on any atom is -0.00226 e. The fourth-order valence-corrected chi connectivity index (χ4v) is 12.7. The summed E-state index contributed by atoms with van der Waals surface area (Å²) < 4.78 is 0. The molecule has 17 heavy (non-hydrogen) atoms. The lowest BCUT2D eigenvalue weighted by Gasteiger charge is -2.49. The van der Waals surface area contributed by atoms with Gasteiger partial charge in [0.25, 0.3) is 0 Å². The van der Waals surface area contributed by atoms with Gasteiger partial charge >= 0.3 is 0 Å². The molecule has 0 aromatic carbocycles. The Bertz CT molecular complexity index is 223. The number of hydrogen-bond acceptors (Lipinski definition) is 0. The minimum Gasteiger partial charge on any atom is -0.0970 e. The highest BCUT2D eigenvalue weighted by Crippen LogP contribution is 2.71. The van der Waals surface area contributed by atoms with Crippen LogP contribution in [0.25, 0.3) is 0 Å². The van der Waals surface area contributed by atoms with Crippen LogP contribution in [0, 0.1) is 0 Å². The van der Waals surface area contributed by atoms with Crippen LogP contribution >= 0.6 is 15.8 Å². The standard InChI is InChI=1S/C15H34P2/c1-12(16(11)13(2,3)4)17(14(5,6)7)15(8,9)10/h12H,1-11H3/t12-,16?/m1/s1. The van der Waals surface area contributed by atoms with Gasteiger partial charge in [-0.1, -0.05) is 85.1 Å². The third kappa shape index (κ3) is 5.16. The van der Waals surface area contributed by atoms with Gasteiger partial charge in [0.05, 0.1) is 0 Å². The van der Waals surface area contributed by atoms with E-state index in [1.54, 1.807) is 0 Å². The van der Waals surface area contributed by atoms with Gasteiger partial charge in [0, 0.05) is 0 Å². The molecule has 0 rings (SSSR count). The van der Waals surface area contributed by atoms with Crippen molar-refractivity contribution in [2.75, 3.05) is 6.66 Å². The molecule has 0 aliphatic rings. The second kappa shape index (κ2) is 5.46. The van der Waals surface area contributed by atoms with Crippen LogP contribution in [0.4, 0.5) is 0 Å². The molecular formula is C15H34P2. The van der Waals surface area contributed by atoms with Gasteiger partial charge < -0.3 is 0 Å². The molecule has 0 fully saturated rings. The van der Waals surface area contributed by atoms with Crippen LogP contribution in [0.2, 0.25) is 0 Å². The normalized spacial score (nSPS) is 18.4. The van der Waals surface area contributed by atoms with Crippen molar-refractivity contribution in [3.63, 3.8) is 0 Å².